The smallest absolute Gasteiger partial charge is 0.354 e. The molecule has 8 nitrogen and oxygen atoms in total. The summed E-state index contributed by atoms with van der Waals surface area (Å²) < 4.78 is 5.12. The van der Waals surface area contributed by atoms with Gasteiger partial charge in [-0.3, -0.25) is 10.1 Å². The topological polar surface area (TPSA) is 115 Å². The van der Waals surface area contributed by atoms with Gasteiger partial charge in [0.2, 0.25) is 5.82 Å². The van der Waals surface area contributed by atoms with E-state index in [9.17, 15) is 14.9 Å². The molecule has 1 aromatic heterocycles. The molecule has 0 aliphatic rings. The van der Waals surface area contributed by atoms with Gasteiger partial charge in [-0.1, -0.05) is 12.1 Å². The quantitative estimate of drug-likeness (QED) is 0.641. The van der Waals surface area contributed by atoms with Crippen molar-refractivity contribution in [2.75, 3.05) is 12.4 Å². The fourth-order valence-electron chi connectivity index (χ4n) is 1.69. The third-order valence-corrected chi connectivity index (χ3v) is 2.65. The Morgan fingerprint density at radius 2 is 2.05 bits per heavy atom. The molecule has 21 heavy (non-hydrogen) atoms. The van der Waals surface area contributed by atoms with Gasteiger partial charge in [-0.05, 0) is 18.2 Å². The van der Waals surface area contributed by atoms with Crippen LogP contribution in [0.3, 0.4) is 0 Å². The van der Waals surface area contributed by atoms with Crippen LogP contribution in [0, 0.1) is 10.1 Å². The Kier molecular flexibility index (Phi) is 3.98. The molecule has 0 saturated heterocycles. The summed E-state index contributed by atoms with van der Waals surface area (Å²) >= 11 is 0. The molecule has 0 fully saturated rings. The molecule has 0 saturated carbocycles. The standard InChI is InChI=1S/C13H11N3O5/c1-21-11-5-3-2-4-8(11)14-12-10(16(19)20)7-6-9(15-12)13(17)18/h2-7H,1H3,(H,14,15)(H,17,18). The number of benzene rings is 1. The molecule has 1 aromatic carbocycles. The number of aromatic nitrogens is 1. The van der Waals surface area contributed by atoms with Crippen molar-refractivity contribution in [3.05, 3.63) is 52.2 Å². The summed E-state index contributed by atoms with van der Waals surface area (Å²) in [7, 11) is 1.45. The summed E-state index contributed by atoms with van der Waals surface area (Å²) in [4.78, 5) is 25.0. The van der Waals surface area contributed by atoms with Crippen LogP contribution in [0.5, 0.6) is 5.75 Å². The Morgan fingerprint density at radius 3 is 2.67 bits per heavy atom. The number of nitrogens with zero attached hydrogens (tertiary/aromatic N) is 2. The van der Waals surface area contributed by atoms with Crippen LogP contribution < -0.4 is 10.1 Å². The number of nitrogens with one attached hydrogen (secondary N) is 1. The number of carboxylic acid groups (broad SMARTS) is 1. The largest absolute Gasteiger partial charge is 0.495 e. The highest BCUT2D eigenvalue weighted by Crippen LogP contribution is 2.30. The van der Waals surface area contributed by atoms with Gasteiger partial charge < -0.3 is 15.2 Å². The second-order valence-electron chi connectivity index (χ2n) is 3.95. The van der Waals surface area contributed by atoms with Crippen LogP contribution in [0.1, 0.15) is 10.5 Å². The highest BCUT2D eigenvalue weighted by Gasteiger charge is 2.19. The van der Waals surface area contributed by atoms with E-state index in [1.165, 1.54) is 7.11 Å². The van der Waals surface area contributed by atoms with Gasteiger partial charge >= 0.3 is 11.7 Å². The summed E-state index contributed by atoms with van der Waals surface area (Å²) in [5.41, 5.74) is -0.179. The minimum atomic E-state index is -1.27. The Hall–Kier alpha value is -3.16. The average molecular weight is 289 g/mol. The second-order valence-corrected chi connectivity index (χ2v) is 3.95. The van der Waals surface area contributed by atoms with E-state index < -0.39 is 10.9 Å². The van der Waals surface area contributed by atoms with Gasteiger partial charge in [-0.2, -0.15) is 0 Å². The third-order valence-electron chi connectivity index (χ3n) is 2.65. The molecule has 0 aliphatic carbocycles. The molecule has 0 aliphatic heterocycles. The first-order chi connectivity index (χ1) is 10.0. The number of rotatable bonds is 5. The Labute approximate surface area is 119 Å². The number of anilines is 2. The van der Waals surface area contributed by atoms with Gasteiger partial charge in [0.15, 0.2) is 5.69 Å². The summed E-state index contributed by atoms with van der Waals surface area (Å²) in [6.07, 6.45) is 0. The predicted molar refractivity (Wildman–Crippen MR) is 74.1 cm³/mol. The molecule has 0 spiro atoms. The van der Waals surface area contributed by atoms with Crippen LogP contribution in [0.4, 0.5) is 17.2 Å². The lowest BCUT2D eigenvalue weighted by Gasteiger charge is -2.10. The molecule has 2 rings (SSSR count). The van der Waals surface area contributed by atoms with Gasteiger partial charge in [0.1, 0.15) is 5.75 Å². The van der Waals surface area contributed by atoms with Crippen LogP contribution in [-0.2, 0) is 0 Å². The van der Waals surface area contributed by atoms with E-state index >= 15 is 0 Å². The van der Waals surface area contributed by atoms with Crippen LogP contribution in [0.2, 0.25) is 0 Å². The first-order valence-corrected chi connectivity index (χ1v) is 5.81. The minimum absolute atomic E-state index is 0.163. The Bertz CT molecular complexity index is 702. The van der Waals surface area contributed by atoms with Gasteiger partial charge in [-0.15, -0.1) is 0 Å². The summed E-state index contributed by atoms with van der Waals surface area (Å²) in [6, 6.07) is 8.91. The second kappa shape index (κ2) is 5.87. The van der Waals surface area contributed by atoms with Crippen molar-refractivity contribution in [2.45, 2.75) is 0 Å². The minimum Gasteiger partial charge on any atom is -0.495 e. The predicted octanol–water partition coefficient (Wildman–Crippen LogP) is 2.44. The molecule has 0 radical (unpaired) electrons. The fraction of sp³-hybridized carbons (Fsp3) is 0.0769. The number of aromatic carboxylic acids is 1. The van der Waals surface area contributed by atoms with Crippen molar-refractivity contribution >= 4 is 23.2 Å². The van der Waals surface area contributed by atoms with E-state index in [4.69, 9.17) is 9.84 Å². The number of carbonyl (C=O) groups is 1. The first kappa shape index (κ1) is 14.3. The first-order valence-electron chi connectivity index (χ1n) is 5.81. The Balaban J connectivity index is 2.48. The summed E-state index contributed by atoms with van der Waals surface area (Å²) in [5.74, 6) is -0.980. The lowest BCUT2D eigenvalue weighted by molar-refractivity contribution is -0.384. The molecule has 8 heteroatoms. The molecule has 2 aromatic rings. The number of carboxylic acids is 1. The molecule has 0 bridgehead atoms. The van der Waals surface area contributed by atoms with E-state index in [1.54, 1.807) is 24.3 Å². The maximum absolute atomic E-state index is 11.0. The maximum Gasteiger partial charge on any atom is 0.354 e. The van der Waals surface area contributed by atoms with E-state index in [0.717, 1.165) is 12.1 Å². The van der Waals surface area contributed by atoms with E-state index in [1.807, 2.05) is 0 Å². The molecule has 0 atom stereocenters. The number of hydrogen-bond donors (Lipinski definition) is 2. The van der Waals surface area contributed by atoms with Crippen LogP contribution >= 0.6 is 0 Å². The SMILES string of the molecule is COc1ccccc1Nc1nc(C(=O)O)ccc1[N+](=O)[O-]. The Morgan fingerprint density at radius 1 is 1.33 bits per heavy atom. The van der Waals surface area contributed by atoms with Crippen molar-refractivity contribution in [3.8, 4) is 5.75 Å². The van der Waals surface area contributed by atoms with E-state index in [-0.39, 0.29) is 17.2 Å². The molecule has 2 N–H and O–H groups in total. The van der Waals surface area contributed by atoms with Crippen molar-refractivity contribution in [2.24, 2.45) is 0 Å². The molecule has 0 amide bonds. The van der Waals surface area contributed by atoms with Crippen LogP contribution in [0.25, 0.3) is 0 Å². The van der Waals surface area contributed by atoms with Crippen molar-refractivity contribution in [3.63, 3.8) is 0 Å². The van der Waals surface area contributed by atoms with Crippen LogP contribution in [0.15, 0.2) is 36.4 Å². The number of nitro groups is 1. The number of methoxy groups -OCH3 is 1. The van der Waals surface area contributed by atoms with Crippen LogP contribution in [-0.4, -0.2) is 28.1 Å². The molecule has 108 valence electrons. The van der Waals surface area contributed by atoms with Crippen molar-refractivity contribution in [1.82, 2.24) is 4.98 Å². The lowest BCUT2D eigenvalue weighted by Crippen LogP contribution is -2.06. The monoisotopic (exact) mass is 289 g/mol. The van der Waals surface area contributed by atoms with Crippen molar-refractivity contribution in [1.29, 1.82) is 0 Å². The van der Waals surface area contributed by atoms with E-state index in [0.29, 0.717) is 11.4 Å². The number of hydrogen-bond acceptors (Lipinski definition) is 6. The lowest BCUT2D eigenvalue weighted by atomic mass is 10.2. The number of ether oxygens (including phenoxy) is 1. The zero-order chi connectivity index (χ0) is 15.4. The highest BCUT2D eigenvalue weighted by atomic mass is 16.6. The summed E-state index contributed by atoms with van der Waals surface area (Å²) in [5, 5.41) is 22.6. The van der Waals surface area contributed by atoms with Gasteiger partial charge in [-0.25, -0.2) is 9.78 Å². The maximum atomic E-state index is 11.0. The van der Waals surface area contributed by atoms with Gasteiger partial charge in [0.05, 0.1) is 17.7 Å². The van der Waals surface area contributed by atoms with Gasteiger partial charge in [0, 0.05) is 6.07 Å². The van der Waals surface area contributed by atoms with E-state index in [2.05, 4.69) is 10.3 Å². The average Bonchev–Trinajstić information content (AvgIpc) is 2.47. The molecule has 0 unspecified atom stereocenters. The number of para-hydroxylation sites is 2. The highest BCUT2D eigenvalue weighted by molar-refractivity contribution is 5.87. The summed E-state index contributed by atoms with van der Waals surface area (Å²) in [6.45, 7) is 0. The molecular weight excluding hydrogens is 278 g/mol. The normalized spacial score (nSPS) is 9.95. The number of pyridine rings is 1. The molecule has 1 heterocycles. The fourth-order valence-corrected chi connectivity index (χ4v) is 1.69. The molecular formula is C13H11N3O5. The zero-order valence-electron chi connectivity index (χ0n) is 10.9. The zero-order valence-corrected chi connectivity index (χ0v) is 10.9. The third kappa shape index (κ3) is 3.06. The van der Waals surface area contributed by atoms with Crippen molar-refractivity contribution < 1.29 is 19.6 Å². The van der Waals surface area contributed by atoms with Gasteiger partial charge in [0.25, 0.3) is 0 Å².